The molecule has 1 aliphatic carbocycles. The van der Waals surface area contributed by atoms with Crippen LogP contribution < -0.4 is 0 Å². The van der Waals surface area contributed by atoms with E-state index in [1.807, 2.05) is 0 Å². The standard InChI is InChI=1S/C15H17FN2O2/c16-10-3-4-11-12(7-10)18-13(17-11)8-15(9-14(19)20)5-1-2-6-15/h3-4,7H,1-2,5-6,8-9H2,(H,17,18)(H,19,20). The van der Waals surface area contributed by atoms with Crippen molar-refractivity contribution < 1.29 is 14.3 Å². The number of carbonyl (C=O) groups is 1. The van der Waals surface area contributed by atoms with Crippen LogP contribution >= 0.6 is 0 Å². The molecule has 5 heteroatoms. The predicted octanol–water partition coefficient (Wildman–Crippen LogP) is 3.28. The molecular weight excluding hydrogens is 259 g/mol. The van der Waals surface area contributed by atoms with Gasteiger partial charge in [0, 0.05) is 6.42 Å². The molecule has 0 bridgehead atoms. The molecule has 0 amide bonds. The van der Waals surface area contributed by atoms with Crippen molar-refractivity contribution in [2.24, 2.45) is 5.41 Å². The SMILES string of the molecule is O=C(O)CC1(Cc2nc3ccc(F)cc3[nH]2)CCCC1. The molecule has 0 atom stereocenters. The monoisotopic (exact) mass is 276 g/mol. The summed E-state index contributed by atoms with van der Waals surface area (Å²) >= 11 is 0. The van der Waals surface area contributed by atoms with Crippen molar-refractivity contribution in [1.29, 1.82) is 0 Å². The fraction of sp³-hybridized carbons (Fsp3) is 0.467. The molecule has 1 aromatic heterocycles. The summed E-state index contributed by atoms with van der Waals surface area (Å²) in [6.45, 7) is 0. The van der Waals surface area contributed by atoms with Gasteiger partial charge < -0.3 is 10.1 Å². The first-order valence-electron chi connectivity index (χ1n) is 6.92. The Morgan fingerprint density at radius 2 is 2.15 bits per heavy atom. The minimum Gasteiger partial charge on any atom is -0.481 e. The van der Waals surface area contributed by atoms with Crippen molar-refractivity contribution in [1.82, 2.24) is 9.97 Å². The van der Waals surface area contributed by atoms with Gasteiger partial charge in [0.15, 0.2) is 0 Å². The van der Waals surface area contributed by atoms with Crippen molar-refractivity contribution in [2.75, 3.05) is 0 Å². The van der Waals surface area contributed by atoms with Gasteiger partial charge in [0.2, 0.25) is 0 Å². The lowest BCUT2D eigenvalue weighted by molar-refractivity contribution is -0.139. The Kier molecular flexibility index (Phi) is 3.20. The molecule has 3 rings (SSSR count). The lowest BCUT2D eigenvalue weighted by Crippen LogP contribution is -2.24. The summed E-state index contributed by atoms with van der Waals surface area (Å²) in [5.74, 6) is -0.295. The smallest absolute Gasteiger partial charge is 0.303 e. The summed E-state index contributed by atoms with van der Waals surface area (Å²) < 4.78 is 13.2. The van der Waals surface area contributed by atoms with Gasteiger partial charge in [-0.3, -0.25) is 4.79 Å². The Morgan fingerprint density at radius 1 is 1.40 bits per heavy atom. The van der Waals surface area contributed by atoms with Crippen molar-refractivity contribution >= 4 is 17.0 Å². The number of aliphatic carboxylic acids is 1. The number of H-pyrrole nitrogens is 1. The Hall–Kier alpha value is -1.91. The topological polar surface area (TPSA) is 66.0 Å². The van der Waals surface area contributed by atoms with Gasteiger partial charge in [0.25, 0.3) is 0 Å². The first-order valence-corrected chi connectivity index (χ1v) is 6.92. The number of fused-ring (bicyclic) bond motifs is 1. The molecule has 2 aromatic rings. The van der Waals surface area contributed by atoms with Crippen molar-refractivity contribution in [3.8, 4) is 0 Å². The third kappa shape index (κ3) is 2.53. The van der Waals surface area contributed by atoms with Gasteiger partial charge in [0.1, 0.15) is 11.6 Å². The van der Waals surface area contributed by atoms with E-state index in [9.17, 15) is 9.18 Å². The van der Waals surface area contributed by atoms with Crippen LogP contribution in [0.1, 0.15) is 37.9 Å². The molecule has 1 aromatic carbocycles. The number of hydrogen-bond donors (Lipinski definition) is 2. The number of carboxylic acid groups (broad SMARTS) is 1. The van der Waals surface area contributed by atoms with E-state index in [0.29, 0.717) is 11.9 Å². The number of imidazole rings is 1. The summed E-state index contributed by atoms with van der Waals surface area (Å²) in [5.41, 5.74) is 1.20. The van der Waals surface area contributed by atoms with E-state index in [1.54, 1.807) is 6.07 Å². The second-order valence-corrected chi connectivity index (χ2v) is 5.80. The van der Waals surface area contributed by atoms with Gasteiger partial charge in [-0.25, -0.2) is 9.37 Å². The molecule has 20 heavy (non-hydrogen) atoms. The molecule has 0 spiro atoms. The van der Waals surface area contributed by atoms with Crippen LogP contribution in [0, 0.1) is 11.2 Å². The minimum absolute atomic E-state index is 0.179. The third-order valence-corrected chi connectivity index (χ3v) is 4.23. The summed E-state index contributed by atoms with van der Waals surface area (Å²) in [5, 5.41) is 9.11. The molecule has 106 valence electrons. The molecule has 0 saturated heterocycles. The molecule has 0 aliphatic heterocycles. The molecule has 2 N–H and O–H groups in total. The Morgan fingerprint density at radius 3 is 2.85 bits per heavy atom. The van der Waals surface area contributed by atoms with Crippen molar-refractivity contribution in [2.45, 2.75) is 38.5 Å². The van der Waals surface area contributed by atoms with Gasteiger partial charge in [-0.15, -0.1) is 0 Å². The number of nitrogens with zero attached hydrogens (tertiary/aromatic N) is 1. The van der Waals surface area contributed by atoms with Crippen LogP contribution in [0.25, 0.3) is 11.0 Å². The second kappa shape index (κ2) is 4.89. The van der Waals surface area contributed by atoms with E-state index in [4.69, 9.17) is 5.11 Å². The highest BCUT2D eigenvalue weighted by atomic mass is 19.1. The molecular formula is C15H17FN2O2. The average Bonchev–Trinajstić information content (AvgIpc) is 2.94. The van der Waals surface area contributed by atoms with E-state index in [0.717, 1.165) is 37.0 Å². The Bertz CT molecular complexity index is 644. The molecule has 1 aliphatic rings. The highest BCUT2D eigenvalue weighted by molar-refractivity contribution is 5.75. The van der Waals surface area contributed by atoms with Crippen LogP contribution in [0.2, 0.25) is 0 Å². The van der Waals surface area contributed by atoms with E-state index >= 15 is 0 Å². The first-order chi connectivity index (χ1) is 9.56. The highest BCUT2D eigenvalue weighted by Gasteiger charge is 2.37. The number of aromatic nitrogens is 2. The maximum Gasteiger partial charge on any atom is 0.303 e. The van der Waals surface area contributed by atoms with Gasteiger partial charge in [0.05, 0.1) is 17.5 Å². The molecule has 1 saturated carbocycles. The average molecular weight is 276 g/mol. The van der Waals surface area contributed by atoms with E-state index in [-0.39, 0.29) is 17.7 Å². The summed E-state index contributed by atoms with van der Waals surface area (Å²) in [7, 11) is 0. The number of nitrogens with one attached hydrogen (secondary N) is 1. The van der Waals surface area contributed by atoms with E-state index < -0.39 is 5.97 Å². The molecule has 0 unspecified atom stereocenters. The highest BCUT2D eigenvalue weighted by Crippen LogP contribution is 2.43. The molecule has 1 heterocycles. The van der Waals surface area contributed by atoms with E-state index in [1.165, 1.54) is 12.1 Å². The van der Waals surface area contributed by atoms with Crippen molar-refractivity contribution in [3.05, 3.63) is 29.8 Å². The fourth-order valence-corrected chi connectivity index (χ4v) is 3.34. The van der Waals surface area contributed by atoms with Gasteiger partial charge in [-0.05, 0) is 36.5 Å². The number of carboxylic acids is 1. The fourth-order valence-electron chi connectivity index (χ4n) is 3.34. The number of benzene rings is 1. The normalized spacial score (nSPS) is 17.6. The molecule has 4 nitrogen and oxygen atoms in total. The Labute approximate surface area is 116 Å². The zero-order valence-corrected chi connectivity index (χ0v) is 11.2. The molecule has 1 fully saturated rings. The lowest BCUT2D eigenvalue weighted by atomic mass is 9.79. The van der Waals surface area contributed by atoms with E-state index in [2.05, 4.69) is 9.97 Å². The second-order valence-electron chi connectivity index (χ2n) is 5.80. The number of hydrogen-bond acceptors (Lipinski definition) is 2. The largest absolute Gasteiger partial charge is 0.481 e. The van der Waals surface area contributed by atoms with Crippen LogP contribution in [-0.2, 0) is 11.2 Å². The van der Waals surface area contributed by atoms with Crippen molar-refractivity contribution in [3.63, 3.8) is 0 Å². The zero-order valence-electron chi connectivity index (χ0n) is 11.2. The zero-order chi connectivity index (χ0) is 14.2. The van der Waals surface area contributed by atoms with Crippen LogP contribution in [0.15, 0.2) is 18.2 Å². The molecule has 0 radical (unpaired) electrons. The van der Waals surface area contributed by atoms with Gasteiger partial charge in [-0.1, -0.05) is 12.8 Å². The first kappa shape index (κ1) is 13.1. The summed E-state index contributed by atoms with van der Waals surface area (Å²) in [6.07, 6.45) is 4.79. The Balaban J connectivity index is 1.88. The maximum absolute atomic E-state index is 13.2. The maximum atomic E-state index is 13.2. The van der Waals surface area contributed by atoms with Gasteiger partial charge in [-0.2, -0.15) is 0 Å². The minimum atomic E-state index is -0.756. The van der Waals surface area contributed by atoms with Crippen LogP contribution in [0.4, 0.5) is 4.39 Å². The van der Waals surface area contributed by atoms with Gasteiger partial charge >= 0.3 is 5.97 Å². The number of aromatic amines is 1. The quantitative estimate of drug-likeness (QED) is 0.900. The predicted molar refractivity (Wildman–Crippen MR) is 72.9 cm³/mol. The number of halogens is 1. The van der Waals surface area contributed by atoms with Crippen LogP contribution in [0.5, 0.6) is 0 Å². The summed E-state index contributed by atoms with van der Waals surface area (Å²) in [4.78, 5) is 18.7. The third-order valence-electron chi connectivity index (χ3n) is 4.23. The number of rotatable bonds is 4. The summed E-state index contributed by atoms with van der Waals surface area (Å²) in [6, 6.07) is 4.45. The van der Waals surface area contributed by atoms with Crippen LogP contribution in [-0.4, -0.2) is 21.0 Å². The van der Waals surface area contributed by atoms with Crippen LogP contribution in [0.3, 0.4) is 0 Å². The lowest BCUT2D eigenvalue weighted by Gasteiger charge is -2.25.